The van der Waals surface area contributed by atoms with E-state index in [1.807, 2.05) is 57.3 Å². The molecule has 1 aromatic carbocycles. The molecule has 0 radical (unpaired) electrons. The molecule has 1 spiro atoms. The summed E-state index contributed by atoms with van der Waals surface area (Å²) >= 11 is 0. The Bertz CT molecular complexity index is 2120. The molecule has 7 heterocycles. The van der Waals surface area contributed by atoms with E-state index < -0.39 is 23.7 Å². The number of ether oxygens (including phenoxy) is 3. The van der Waals surface area contributed by atoms with E-state index in [1.165, 1.54) is 0 Å². The number of benzene rings is 1. The van der Waals surface area contributed by atoms with Crippen LogP contribution in [-0.2, 0) is 27.7 Å². The maximum atomic E-state index is 12.7. The molecule has 3 aliphatic heterocycles. The first-order valence-corrected chi connectivity index (χ1v) is 16.6. The number of carboxylic acids is 1. The van der Waals surface area contributed by atoms with Crippen LogP contribution in [0.5, 0.6) is 5.88 Å². The maximum absolute atomic E-state index is 12.7. The van der Waals surface area contributed by atoms with Gasteiger partial charge >= 0.3 is 5.97 Å². The minimum atomic E-state index is -0.968. The van der Waals surface area contributed by atoms with Gasteiger partial charge in [-0.05, 0) is 44.0 Å². The molecule has 0 bridgehead atoms. The van der Waals surface area contributed by atoms with Gasteiger partial charge in [-0.1, -0.05) is 25.0 Å². The number of hydrogen-bond acceptors (Lipinski definition) is 11. The first-order chi connectivity index (χ1) is 23.7. The second kappa shape index (κ2) is 12.0. The van der Waals surface area contributed by atoms with Crippen LogP contribution >= 0.6 is 0 Å². The molecule has 3 atom stereocenters. The first-order valence-electron chi connectivity index (χ1n) is 16.6. The summed E-state index contributed by atoms with van der Waals surface area (Å²) in [5.41, 5.74) is 4.56. The zero-order valence-corrected chi connectivity index (χ0v) is 27.8. The van der Waals surface area contributed by atoms with Crippen LogP contribution in [0, 0.1) is 18.8 Å². The minimum Gasteiger partial charge on any atom is -0.480 e. The van der Waals surface area contributed by atoms with Crippen molar-refractivity contribution in [1.82, 2.24) is 24.7 Å². The fraction of sp³-hybridized carbons (Fsp3) is 0.417. The van der Waals surface area contributed by atoms with Gasteiger partial charge in [0.2, 0.25) is 5.88 Å². The number of para-hydroxylation sites is 1. The van der Waals surface area contributed by atoms with E-state index in [9.17, 15) is 9.90 Å². The van der Waals surface area contributed by atoms with Crippen molar-refractivity contribution in [2.24, 2.45) is 7.05 Å². The van der Waals surface area contributed by atoms with Crippen molar-refractivity contribution in [2.45, 2.75) is 57.4 Å². The average Bonchev–Trinajstić information content (AvgIpc) is 3.77. The molecule has 0 amide bonds. The number of fused-ring (bicyclic) bond motifs is 3. The van der Waals surface area contributed by atoms with Crippen molar-refractivity contribution in [3.63, 3.8) is 0 Å². The van der Waals surface area contributed by atoms with Gasteiger partial charge in [0.15, 0.2) is 11.4 Å². The summed E-state index contributed by atoms with van der Waals surface area (Å²) in [5.74, 6) is 6.87. The smallest absolute Gasteiger partial charge is 0.326 e. The number of carboxylic acid groups (broad SMARTS) is 1. The zero-order valence-electron chi connectivity index (χ0n) is 27.8. The number of furan rings is 1. The van der Waals surface area contributed by atoms with Crippen LogP contribution in [0.1, 0.15) is 43.0 Å². The normalized spacial score (nSPS) is 21.6. The highest BCUT2D eigenvalue weighted by atomic mass is 16.6. The number of carbonyl (C=O) groups is 1. The molecule has 3 fully saturated rings. The number of rotatable bonds is 6. The lowest BCUT2D eigenvalue weighted by Crippen LogP contribution is -2.68. The summed E-state index contributed by atoms with van der Waals surface area (Å²) in [6.07, 6.45) is 1.99. The van der Waals surface area contributed by atoms with E-state index in [-0.39, 0.29) is 19.0 Å². The molecule has 1 N–H and O–H groups in total. The molecule has 8 rings (SSSR count). The number of hydrogen-bond donors (Lipinski definition) is 1. The Labute approximate surface area is 282 Å². The fourth-order valence-corrected chi connectivity index (χ4v) is 6.95. The van der Waals surface area contributed by atoms with Gasteiger partial charge in [-0.2, -0.15) is 5.10 Å². The lowest BCUT2D eigenvalue weighted by atomic mass is 9.90. The van der Waals surface area contributed by atoms with Gasteiger partial charge in [-0.25, -0.2) is 19.7 Å². The second-order valence-corrected chi connectivity index (χ2v) is 12.9. The molecule has 252 valence electrons. The largest absolute Gasteiger partial charge is 0.480 e. The van der Waals surface area contributed by atoms with E-state index in [1.54, 1.807) is 15.8 Å². The van der Waals surface area contributed by atoms with Crippen LogP contribution < -0.4 is 14.5 Å². The molecule has 0 aliphatic carbocycles. The number of aromatic nitrogens is 5. The van der Waals surface area contributed by atoms with E-state index in [2.05, 4.69) is 28.8 Å². The molecule has 3 aliphatic rings. The number of aliphatic carboxylic acids is 1. The van der Waals surface area contributed by atoms with Crippen molar-refractivity contribution in [3.8, 4) is 17.7 Å². The standard InChI is InChI=1S/C36H37N7O6/c1-5-30-38-31-26-8-6-7-9-29(26)49-32(31)33(39-30)43-18-25(16-28(43)35(44)45)48-34-27(42-12-13-47-36(22(42)3)19-46-20-36)15-23(17-37-34)10-11-24-14-21(2)41(4)40-24/h6-9,14-15,17,22,25,28H,5,12-13,16,18-20H2,1-4H3,(H,44,45)/t22-,25-,28-/m0/s1. The van der Waals surface area contributed by atoms with Gasteiger partial charge in [0.05, 0.1) is 32.4 Å². The van der Waals surface area contributed by atoms with Crippen LogP contribution in [0.2, 0.25) is 0 Å². The molecule has 0 unspecified atom stereocenters. The van der Waals surface area contributed by atoms with Crippen molar-refractivity contribution < 1.29 is 28.5 Å². The van der Waals surface area contributed by atoms with E-state index in [0.717, 1.165) is 16.8 Å². The molecule has 49 heavy (non-hydrogen) atoms. The molecule has 13 nitrogen and oxygen atoms in total. The number of morpholine rings is 1. The highest BCUT2D eigenvalue weighted by molar-refractivity contribution is 6.06. The third-order valence-corrected chi connectivity index (χ3v) is 9.90. The summed E-state index contributed by atoms with van der Waals surface area (Å²) in [7, 11) is 1.89. The average molecular weight is 664 g/mol. The van der Waals surface area contributed by atoms with Gasteiger partial charge in [-0.15, -0.1) is 0 Å². The molecule has 3 saturated heterocycles. The Hall–Kier alpha value is -5.19. The van der Waals surface area contributed by atoms with Crippen LogP contribution in [0.25, 0.3) is 22.1 Å². The molecule has 4 aromatic heterocycles. The Morgan fingerprint density at radius 2 is 2.00 bits per heavy atom. The molecule has 5 aromatic rings. The summed E-state index contributed by atoms with van der Waals surface area (Å²) < 4.78 is 26.5. The molecule has 13 heteroatoms. The second-order valence-electron chi connectivity index (χ2n) is 12.9. The van der Waals surface area contributed by atoms with Crippen molar-refractivity contribution in [1.29, 1.82) is 0 Å². The van der Waals surface area contributed by atoms with E-state index in [4.69, 9.17) is 33.6 Å². The summed E-state index contributed by atoms with van der Waals surface area (Å²) in [4.78, 5) is 31.1. The Kier molecular flexibility index (Phi) is 7.65. The predicted octanol–water partition coefficient (Wildman–Crippen LogP) is 3.88. The number of nitrogens with zero attached hydrogens (tertiary/aromatic N) is 7. The maximum Gasteiger partial charge on any atom is 0.326 e. The SMILES string of the molecule is CCc1nc(N2C[C@@H](Oc3ncc(C#Cc4cc(C)n(C)n4)cc3N3CCOC4(COC4)[C@@H]3C)C[C@H]2C(=O)O)c2oc3ccccc3c2n1. The third kappa shape index (κ3) is 5.41. The zero-order chi connectivity index (χ0) is 33.9. The molecular formula is C36H37N7O6. The fourth-order valence-electron chi connectivity index (χ4n) is 6.95. The van der Waals surface area contributed by atoms with Gasteiger partial charge in [0.25, 0.3) is 0 Å². The lowest BCUT2D eigenvalue weighted by Gasteiger charge is -2.53. The third-order valence-electron chi connectivity index (χ3n) is 9.90. The van der Waals surface area contributed by atoms with Crippen molar-refractivity contribution in [3.05, 3.63) is 65.4 Å². The van der Waals surface area contributed by atoms with Gasteiger partial charge in [0.1, 0.15) is 46.1 Å². The van der Waals surface area contributed by atoms with Crippen LogP contribution in [0.3, 0.4) is 0 Å². The summed E-state index contributed by atoms with van der Waals surface area (Å²) in [6, 6.07) is 10.7. The van der Waals surface area contributed by atoms with Crippen LogP contribution in [0.15, 0.2) is 47.0 Å². The van der Waals surface area contributed by atoms with Crippen LogP contribution in [-0.4, -0.2) is 92.5 Å². The molecular weight excluding hydrogens is 626 g/mol. The molecule has 0 saturated carbocycles. The van der Waals surface area contributed by atoms with Crippen LogP contribution in [0.4, 0.5) is 11.5 Å². The topological polar surface area (TPSA) is 141 Å². The highest BCUT2D eigenvalue weighted by Gasteiger charge is 2.50. The summed E-state index contributed by atoms with van der Waals surface area (Å²) in [5, 5.41) is 15.7. The predicted molar refractivity (Wildman–Crippen MR) is 181 cm³/mol. The first kappa shape index (κ1) is 31.1. The van der Waals surface area contributed by atoms with Crippen molar-refractivity contribution in [2.75, 3.05) is 42.7 Å². The Balaban J connectivity index is 1.15. The van der Waals surface area contributed by atoms with Gasteiger partial charge < -0.3 is 33.5 Å². The highest BCUT2D eigenvalue weighted by Crippen LogP contribution is 2.40. The van der Waals surface area contributed by atoms with Crippen molar-refractivity contribution >= 4 is 39.5 Å². The monoisotopic (exact) mass is 663 g/mol. The number of pyridine rings is 1. The minimum absolute atomic E-state index is 0.0255. The Morgan fingerprint density at radius 3 is 2.73 bits per heavy atom. The van der Waals surface area contributed by atoms with E-state index in [0.29, 0.717) is 78.2 Å². The van der Waals surface area contributed by atoms with Gasteiger partial charge in [0, 0.05) is 49.3 Å². The van der Waals surface area contributed by atoms with Gasteiger partial charge in [-0.3, -0.25) is 4.68 Å². The number of anilines is 2. The van der Waals surface area contributed by atoms with E-state index >= 15 is 0 Å². The number of aryl methyl sites for hydroxylation is 3. The summed E-state index contributed by atoms with van der Waals surface area (Å²) in [6.45, 7) is 8.52. The lowest BCUT2D eigenvalue weighted by molar-refractivity contribution is -0.228. The quantitative estimate of drug-likeness (QED) is 0.264. The Morgan fingerprint density at radius 1 is 1.16 bits per heavy atom.